The fourth-order valence-electron chi connectivity index (χ4n) is 1.89. The lowest BCUT2D eigenvalue weighted by Crippen LogP contribution is -2.43. The Balaban J connectivity index is 3.23. The lowest BCUT2D eigenvalue weighted by atomic mass is 10.1. The van der Waals surface area contributed by atoms with Crippen LogP contribution in [0.3, 0.4) is 0 Å². The maximum atomic E-state index is 11.5. The molecule has 3 heteroatoms. The monoisotopic (exact) mass is 270 g/mol. The molecule has 1 amide bonds. The first-order valence-corrected chi connectivity index (χ1v) is 7.97. The normalized spacial score (nSPS) is 11.6. The van der Waals surface area contributed by atoms with Crippen molar-refractivity contribution < 1.29 is 4.79 Å². The van der Waals surface area contributed by atoms with Crippen LogP contribution in [0, 0.1) is 0 Å². The molecule has 0 aromatic heterocycles. The van der Waals surface area contributed by atoms with Crippen LogP contribution in [0.4, 0.5) is 0 Å². The van der Waals surface area contributed by atoms with Gasteiger partial charge in [-0.25, -0.2) is 0 Å². The zero-order valence-electron chi connectivity index (χ0n) is 13.5. The third kappa shape index (κ3) is 15.4. The Labute approximate surface area is 119 Å². The molecule has 0 fully saturated rings. The molecular weight excluding hydrogens is 236 g/mol. The van der Waals surface area contributed by atoms with E-state index in [-0.39, 0.29) is 11.4 Å². The molecule has 0 heterocycles. The summed E-state index contributed by atoms with van der Waals surface area (Å²) >= 11 is 0. The standard InChI is InChI=1S/C16H34N2O/c1-5-6-7-8-9-10-11-12-13-17-15(19)14-18-16(2,3)4/h18H,5-14H2,1-4H3,(H,17,19). The van der Waals surface area contributed by atoms with Gasteiger partial charge in [0.15, 0.2) is 0 Å². The summed E-state index contributed by atoms with van der Waals surface area (Å²) in [6, 6.07) is 0. The maximum Gasteiger partial charge on any atom is 0.233 e. The molecule has 0 aliphatic rings. The molecule has 0 rings (SSSR count). The largest absolute Gasteiger partial charge is 0.355 e. The van der Waals surface area contributed by atoms with E-state index in [1.165, 1.54) is 44.9 Å². The van der Waals surface area contributed by atoms with E-state index >= 15 is 0 Å². The van der Waals surface area contributed by atoms with Gasteiger partial charge in [-0.3, -0.25) is 4.79 Å². The van der Waals surface area contributed by atoms with Crippen molar-refractivity contribution in [3.8, 4) is 0 Å². The molecule has 0 aromatic carbocycles. The highest BCUT2D eigenvalue weighted by molar-refractivity contribution is 5.78. The van der Waals surface area contributed by atoms with Crippen molar-refractivity contribution >= 4 is 5.91 Å². The molecule has 3 nitrogen and oxygen atoms in total. The van der Waals surface area contributed by atoms with Crippen LogP contribution in [-0.4, -0.2) is 24.5 Å². The molecule has 0 spiro atoms. The zero-order valence-corrected chi connectivity index (χ0v) is 13.5. The van der Waals surface area contributed by atoms with E-state index in [1.54, 1.807) is 0 Å². The van der Waals surface area contributed by atoms with E-state index < -0.39 is 0 Å². The van der Waals surface area contributed by atoms with Gasteiger partial charge in [0.05, 0.1) is 6.54 Å². The van der Waals surface area contributed by atoms with Gasteiger partial charge in [-0.05, 0) is 27.2 Å². The molecule has 0 aliphatic carbocycles. The predicted molar refractivity (Wildman–Crippen MR) is 83.4 cm³/mol. The van der Waals surface area contributed by atoms with Gasteiger partial charge in [-0.2, -0.15) is 0 Å². The summed E-state index contributed by atoms with van der Waals surface area (Å²) in [4.78, 5) is 11.5. The zero-order chi connectivity index (χ0) is 14.6. The minimum absolute atomic E-state index is 0.00975. The van der Waals surface area contributed by atoms with E-state index in [9.17, 15) is 4.79 Å². The first kappa shape index (κ1) is 18.4. The van der Waals surface area contributed by atoms with E-state index in [4.69, 9.17) is 0 Å². The number of carbonyl (C=O) groups excluding carboxylic acids is 1. The van der Waals surface area contributed by atoms with Gasteiger partial charge in [-0.15, -0.1) is 0 Å². The van der Waals surface area contributed by atoms with Crippen LogP contribution in [0.15, 0.2) is 0 Å². The molecule has 0 unspecified atom stereocenters. The number of rotatable bonds is 11. The molecular formula is C16H34N2O. The average molecular weight is 270 g/mol. The molecule has 0 aromatic rings. The number of unbranched alkanes of at least 4 members (excludes halogenated alkanes) is 7. The SMILES string of the molecule is CCCCCCCCCCNC(=O)CNC(C)(C)C. The molecule has 2 N–H and O–H groups in total. The molecule has 0 saturated carbocycles. The van der Waals surface area contributed by atoms with Gasteiger partial charge in [0, 0.05) is 12.1 Å². The summed E-state index contributed by atoms with van der Waals surface area (Å²) in [5.41, 5.74) is 0.00975. The van der Waals surface area contributed by atoms with Crippen LogP contribution in [0.1, 0.15) is 79.1 Å². The van der Waals surface area contributed by atoms with Crippen molar-refractivity contribution in [2.45, 2.75) is 84.6 Å². The van der Waals surface area contributed by atoms with Crippen LogP contribution in [0.5, 0.6) is 0 Å². The summed E-state index contributed by atoms with van der Waals surface area (Å²) in [7, 11) is 0. The van der Waals surface area contributed by atoms with Gasteiger partial charge >= 0.3 is 0 Å². The summed E-state index contributed by atoms with van der Waals surface area (Å²) in [5.74, 6) is 0.109. The van der Waals surface area contributed by atoms with Gasteiger partial charge < -0.3 is 10.6 Å². The Morgan fingerprint density at radius 1 is 0.895 bits per heavy atom. The van der Waals surface area contributed by atoms with E-state index in [0.29, 0.717) is 6.54 Å². The van der Waals surface area contributed by atoms with Crippen molar-refractivity contribution in [3.63, 3.8) is 0 Å². The smallest absolute Gasteiger partial charge is 0.233 e. The fraction of sp³-hybridized carbons (Fsp3) is 0.938. The summed E-state index contributed by atoms with van der Waals surface area (Å²) in [6.45, 7) is 9.69. The third-order valence-corrected chi connectivity index (χ3v) is 3.13. The Morgan fingerprint density at radius 2 is 1.42 bits per heavy atom. The van der Waals surface area contributed by atoms with Crippen molar-refractivity contribution in [1.82, 2.24) is 10.6 Å². The van der Waals surface area contributed by atoms with Crippen molar-refractivity contribution in [2.24, 2.45) is 0 Å². The second kappa shape index (κ2) is 11.3. The Morgan fingerprint density at radius 3 is 1.95 bits per heavy atom. The highest BCUT2D eigenvalue weighted by Gasteiger charge is 2.10. The van der Waals surface area contributed by atoms with E-state index in [2.05, 4.69) is 38.3 Å². The molecule has 0 radical (unpaired) electrons. The van der Waals surface area contributed by atoms with Crippen molar-refractivity contribution in [2.75, 3.05) is 13.1 Å². The minimum atomic E-state index is 0.00975. The van der Waals surface area contributed by atoms with Gasteiger partial charge in [0.2, 0.25) is 5.91 Å². The lowest BCUT2D eigenvalue weighted by Gasteiger charge is -2.19. The van der Waals surface area contributed by atoms with Crippen LogP contribution >= 0.6 is 0 Å². The summed E-state index contributed by atoms with van der Waals surface area (Å²) in [6.07, 6.45) is 10.4. The second-order valence-electron chi connectivity index (χ2n) is 6.43. The summed E-state index contributed by atoms with van der Waals surface area (Å²) < 4.78 is 0. The first-order valence-electron chi connectivity index (χ1n) is 7.97. The molecule has 19 heavy (non-hydrogen) atoms. The second-order valence-corrected chi connectivity index (χ2v) is 6.43. The number of hydrogen-bond acceptors (Lipinski definition) is 2. The van der Waals surface area contributed by atoms with Crippen LogP contribution < -0.4 is 10.6 Å². The fourth-order valence-corrected chi connectivity index (χ4v) is 1.89. The van der Waals surface area contributed by atoms with Crippen LogP contribution in [-0.2, 0) is 4.79 Å². The molecule has 0 atom stereocenters. The Bertz CT molecular complexity index is 221. The molecule has 0 aliphatic heterocycles. The van der Waals surface area contributed by atoms with Gasteiger partial charge in [0.1, 0.15) is 0 Å². The molecule has 0 saturated heterocycles. The summed E-state index contributed by atoms with van der Waals surface area (Å²) in [5, 5.41) is 6.16. The highest BCUT2D eigenvalue weighted by atomic mass is 16.1. The lowest BCUT2D eigenvalue weighted by molar-refractivity contribution is -0.120. The van der Waals surface area contributed by atoms with Gasteiger partial charge in [0.25, 0.3) is 0 Å². The van der Waals surface area contributed by atoms with Crippen molar-refractivity contribution in [3.05, 3.63) is 0 Å². The molecule has 114 valence electrons. The van der Waals surface area contributed by atoms with Gasteiger partial charge in [-0.1, -0.05) is 51.9 Å². The maximum absolute atomic E-state index is 11.5. The highest BCUT2D eigenvalue weighted by Crippen LogP contribution is 2.07. The molecule has 0 bridgehead atoms. The van der Waals surface area contributed by atoms with Crippen molar-refractivity contribution in [1.29, 1.82) is 0 Å². The third-order valence-electron chi connectivity index (χ3n) is 3.13. The Hall–Kier alpha value is -0.570. The van der Waals surface area contributed by atoms with E-state index in [1.807, 2.05) is 0 Å². The number of nitrogens with one attached hydrogen (secondary N) is 2. The number of hydrogen-bond donors (Lipinski definition) is 2. The quantitative estimate of drug-likeness (QED) is 0.563. The van der Waals surface area contributed by atoms with E-state index in [0.717, 1.165) is 13.0 Å². The first-order chi connectivity index (χ1) is 8.95. The average Bonchev–Trinajstić information content (AvgIpc) is 2.33. The van der Waals surface area contributed by atoms with Crippen LogP contribution in [0.2, 0.25) is 0 Å². The Kier molecular flexibility index (Phi) is 10.9. The minimum Gasteiger partial charge on any atom is -0.355 e. The number of amides is 1. The topological polar surface area (TPSA) is 41.1 Å². The number of carbonyl (C=O) groups is 1. The van der Waals surface area contributed by atoms with Crippen LogP contribution in [0.25, 0.3) is 0 Å². The predicted octanol–water partition coefficient (Wildman–Crippen LogP) is 3.63.